The van der Waals surface area contributed by atoms with Gasteiger partial charge < -0.3 is 16.2 Å². The van der Waals surface area contributed by atoms with Crippen LogP contribution in [0, 0.1) is 0 Å². The smallest absolute Gasteiger partial charge is 0.0740 e. The molecular formula is C10H16N2O. The molecule has 72 valence electrons. The summed E-state index contributed by atoms with van der Waals surface area (Å²) in [7, 11) is 0. The van der Waals surface area contributed by atoms with Crippen LogP contribution in [0.2, 0.25) is 0 Å². The van der Waals surface area contributed by atoms with Crippen molar-refractivity contribution in [2.24, 2.45) is 0 Å². The number of anilines is 2. The van der Waals surface area contributed by atoms with Crippen molar-refractivity contribution in [3.63, 3.8) is 0 Å². The van der Waals surface area contributed by atoms with Gasteiger partial charge in [-0.15, -0.1) is 0 Å². The molecule has 0 saturated carbocycles. The molecule has 1 rings (SSSR count). The molecule has 4 N–H and O–H groups in total. The Labute approximate surface area is 78.7 Å². The molecule has 0 bridgehead atoms. The average Bonchev–Trinajstić information content (AvgIpc) is 2.02. The largest absolute Gasteiger partial charge is 0.399 e. The molecule has 1 aromatic rings. The number of nitrogens with two attached hydrogens (primary N) is 2. The predicted octanol–water partition coefficient (Wildman–Crippen LogP) is 1.78. The molecule has 0 aliphatic carbocycles. The number of rotatable bonds is 3. The molecule has 0 atom stereocenters. The van der Waals surface area contributed by atoms with Crippen molar-refractivity contribution in [2.45, 2.75) is 26.6 Å². The standard InChI is InChI=1S/C10H16N2O/c1-7(2)13-6-8-3-4-9(11)5-10(8)12/h3-5,7H,6,11-12H2,1-2H3. The fourth-order valence-corrected chi connectivity index (χ4v) is 1.00. The van der Waals surface area contributed by atoms with Gasteiger partial charge in [-0.2, -0.15) is 0 Å². The van der Waals surface area contributed by atoms with E-state index in [4.69, 9.17) is 16.2 Å². The summed E-state index contributed by atoms with van der Waals surface area (Å²) in [6.07, 6.45) is 0.219. The van der Waals surface area contributed by atoms with Gasteiger partial charge in [0, 0.05) is 16.9 Å². The zero-order chi connectivity index (χ0) is 9.84. The van der Waals surface area contributed by atoms with Crippen molar-refractivity contribution in [3.8, 4) is 0 Å². The molecule has 0 radical (unpaired) electrons. The molecule has 13 heavy (non-hydrogen) atoms. The maximum Gasteiger partial charge on any atom is 0.0740 e. The van der Waals surface area contributed by atoms with Gasteiger partial charge in [0.2, 0.25) is 0 Å². The van der Waals surface area contributed by atoms with Crippen LogP contribution >= 0.6 is 0 Å². The van der Waals surface area contributed by atoms with Crippen molar-refractivity contribution in [2.75, 3.05) is 11.5 Å². The number of hydrogen-bond acceptors (Lipinski definition) is 3. The third kappa shape index (κ3) is 2.95. The lowest BCUT2D eigenvalue weighted by atomic mass is 10.2. The van der Waals surface area contributed by atoms with Crippen LogP contribution in [-0.2, 0) is 11.3 Å². The van der Waals surface area contributed by atoms with E-state index in [1.807, 2.05) is 26.0 Å². The van der Waals surface area contributed by atoms with Crippen LogP contribution in [-0.4, -0.2) is 6.10 Å². The van der Waals surface area contributed by atoms with Crippen molar-refractivity contribution in [1.29, 1.82) is 0 Å². The fourth-order valence-electron chi connectivity index (χ4n) is 1.00. The van der Waals surface area contributed by atoms with E-state index in [-0.39, 0.29) is 6.10 Å². The molecule has 3 heteroatoms. The van der Waals surface area contributed by atoms with Gasteiger partial charge in [-0.25, -0.2) is 0 Å². The van der Waals surface area contributed by atoms with Crippen LogP contribution in [0.15, 0.2) is 18.2 Å². The highest BCUT2D eigenvalue weighted by Crippen LogP contribution is 2.16. The van der Waals surface area contributed by atoms with Gasteiger partial charge in [-0.1, -0.05) is 6.07 Å². The molecule has 1 aromatic carbocycles. The first kappa shape index (κ1) is 9.86. The SMILES string of the molecule is CC(C)OCc1ccc(N)cc1N. The minimum atomic E-state index is 0.219. The van der Waals surface area contributed by atoms with Gasteiger partial charge in [0.1, 0.15) is 0 Å². The van der Waals surface area contributed by atoms with E-state index in [0.717, 1.165) is 5.56 Å². The summed E-state index contributed by atoms with van der Waals surface area (Å²) < 4.78 is 5.43. The Morgan fingerprint density at radius 3 is 2.54 bits per heavy atom. The second-order valence-corrected chi connectivity index (χ2v) is 3.32. The number of ether oxygens (including phenoxy) is 1. The van der Waals surface area contributed by atoms with E-state index < -0.39 is 0 Å². The van der Waals surface area contributed by atoms with Gasteiger partial charge in [0.25, 0.3) is 0 Å². The molecule has 0 saturated heterocycles. The molecule has 3 nitrogen and oxygen atoms in total. The Hall–Kier alpha value is -1.22. The highest BCUT2D eigenvalue weighted by molar-refractivity contribution is 5.56. The Bertz CT molecular complexity index is 284. The monoisotopic (exact) mass is 180 g/mol. The molecule has 0 heterocycles. The van der Waals surface area contributed by atoms with Gasteiger partial charge in [0.15, 0.2) is 0 Å². The lowest BCUT2D eigenvalue weighted by Gasteiger charge is -2.09. The summed E-state index contributed by atoms with van der Waals surface area (Å²) in [4.78, 5) is 0. The average molecular weight is 180 g/mol. The predicted molar refractivity (Wildman–Crippen MR) is 55.2 cm³/mol. The molecule has 0 fully saturated rings. The zero-order valence-electron chi connectivity index (χ0n) is 8.08. The maximum atomic E-state index is 5.75. The molecule has 0 unspecified atom stereocenters. The third-order valence-corrected chi connectivity index (χ3v) is 1.74. The molecular weight excluding hydrogens is 164 g/mol. The second-order valence-electron chi connectivity index (χ2n) is 3.32. The van der Waals surface area contributed by atoms with Gasteiger partial charge in [-0.3, -0.25) is 0 Å². The quantitative estimate of drug-likeness (QED) is 0.697. The first-order valence-electron chi connectivity index (χ1n) is 4.35. The fraction of sp³-hybridized carbons (Fsp3) is 0.400. The van der Waals surface area contributed by atoms with E-state index in [1.54, 1.807) is 6.07 Å². The first-order valence-corrected chi connectivity index (χ1v) is 4.35. The zero-order valence-corrected chi connectivity index (χ0v) is 8.08. The Kier molecular flexibility index (Phi) is 3.14. The third-order valence-electron chi connectivity index (χ3n) is 1.74. The minimum absolute atomic E-state index is 0.219. The molecule has 0 aliphatic rings. The highest BCUT2D eigenvalue weighted by atomic mass is 16.5. The summed E-state index contributed by atoms with van der Waals surface area (Å²) >= 11 is 0. The lowest BCUT2D eigenvalue weighted by Crippen LogP contribution is -2.04. The summed E-state index contributed by atoms with van der Waals surface area (Å²) in [5.41, 5.74) is 13.7. The number of benzene rings is 1. The first-order chi connectivity index (χ1) is 6.09. The van der Waals surface area contributed by atoms with E-state index >= 15 is 0 Å². The lowest BCUT2D eigenvalue weighted by molar-refractivity contribution is 0.0661. The van der Waals surface area contributed by atoms with Gasteiger partial charge in [0.05, 0.1) is 12.7 Å². The van der Waals surface area contributed by atoms with Crippen LogP contribution in [0.4, 0.5) is 11.4 Å². The molecule has 0 amide bonds. The normalized spacial score (nSPS) is 10.7. The van der Waals surface area contributed by atoms with Gasteiger partial charge in [-0.05, 0) is 26.0 Å². The van der Waals surface area contributed by atoms with Crippen LogP contribution in [0.5, 0.6) is 0 Å². The van der Waals surface area contributed by atoms with Crippen molar-refractivity contribution < 1.29 is 4.74 Å². The topological polar surface area (TPSA) is 61.3 Å². The van der Waals surface area contributed by atoms with Crippen molar-refractivity contribution in [3.05, 3.63) is 23.8 Å². The van der Waals surface area contributed by atoms with Crippen molar-refractivity contribution >= 4 is 11.4 Å². The Balaban J connectivity index is 2.67. The van der Waals surface area contributed by atoms with Crippen LogP contribution < -0.4 is 11.5 Å². The van der Waals surface area contributed by atoms with E-state index in [9.17, 15) is 0 Å². The van der Waals surface area contributed by atoms with Crippen LogP contribution in [0.3, 0.4) is 0 Å². The summed E-state index contributed by atoms with van der Waals surface area (Å²) in [6, 6.07) is 5.47. The minimum Gasteiger partial charge on any atom is -0.399 e. The van der Waals surface area contributed by atoms with Crippen LogP contribution in [0.25, 0.3) is 0 Å². The Morgan fingerprint density at radius 2 is 2.00 bits per heavy atom. The summed E-state index contributed by atoms with van der Waals surface area (Å²) in [5, 5.41) is 0. The summed E-state index contributed by atoms with van der Waals surface area (Å²) in [5.74, 6) is 0. The second kappa shape index (κ2) is 4.14. The van der Waals surface area contributed by atoms with E-state index in [0.29, 0.717) is 18.0 Å². The summed E-state index contributed by atoms with van der Waals surface area (Å²) in [6.45, 7) is 4.53. The number of nitrogen functional groups attached to an aromatic ring is 2. The van der Waals surface area contributed by atoms with Crippen molar-refractivity contribution in [1.82, 2.24) is 0 Å². The van der Waals surface area contributed by atoms with E-state index in [2.05, 4.69) is 0 Å². The highest BCUT2D eigenvalue weighted by Gasteiger charge is 2.00. The molecule has 0 aliphatic heterocycles. The Morgan fingerprint density at radius 1 is 1.31 bits per heavy atom. The van der Waals surface area contributed by atoms with Gasteiger partial charge >= 0.3 is 0 Å². The number of hydrogen-bond donors (Lipinski definition) is 2. The molecule has 0 spiro atoms. The van der Waals surface area contributed by atoms with E-state index in [1.165, 1.54) is 0 Å². The maximum absolute atomic E-state index is 5.75. The van der Waals surface area contributed by atoms with Crippen LogP contribution in [0.1, 0.15) is 19.4 Å². The molecule has 0 aromatic heterocycles.